The summed E-state index contributed by atoms with van der Waals surface area (Å²) in [6.45, 7) is 0.245. The fourth-order valence-corrected chi connectivity index (χ4v) is 5.34. The molecule has 3 aliphatic rings. The average molecular weight is 494 g/mol. The highest BCUT2D eigenvalue weighted by atomic mass is 32.2. The van der Waals surface area contributed by atoms with E-state index in [1.54, 1.807) is 12.1 Å². The molecule has 1 atom stereocenters. The molecule has 10 heteroatoms. The average Bonchev–Trinajstić information content (AvgIpc) is 3.50. The Balaban J connectivity index is 1.27. The molecule has 9 nitrogen and oxygen atoms in total. The second-order valence-corrected chi connectivity index (χ2v) is 9.75. The number of carbonyl (C=O) groups is 3. The van der Waals surface area contributed by atoms with Crippen molar-refractivity contribution in [1.82, 2.24) is 15.5 Å². The van der Waals surface area contributed by atoms with Gasteiger partial charge in [0.2, 0.25) is 11.8 Å². The molecule has 2 N–H and O–H groups in total. The first kappa shape index (κ1) is 23.3. The first-order chi connectivity index (χ1) is 17.1. The van der Waals surface area contributed by atoms with Crippen LogP contribution in [0.4, 0.5) is 5.69 Å². The van der Waals surface area contributed by atoms with E-state index in [2.05, 4.69) is 20.6 Å². The zero-order chi connectivity index (χ0) is 24.2. The summed E-state index contributed by atoms with van der Waals surface area (Å²) < 4.78 is 5.23. The molecule has 0 saturated heterocycles. The van der Waals surface area contributed by atoms with Gasteiger partial charge in [0.05, 0.1) is 30.7 Å². The molecule has 3 amide bonds. The lowest BCUT2D eigenvalue weighted by Crippen LogP contribution is -2.43. The van der Waals surface area contributed by atoms with Crippen molar-refractivity contribution in [3.05, 3.63) is 54.0 Å². The number of nitrogens with zero attached hydrogens (tertiary/aromatic N) is 3. The molecule has 1 unspecified atom stereocenters. The van der Waals surface area contributed by atoms with Gasteiger partial charge in [0, 0.05) is 11.6 Å². The SMILES string of the molecule is O=C(CC1N=C2c3ccccc3N=C(SCC(=O)NC3CCCCC3)N2C1=O)NCc1ccco1. The van der Waals surface area contributed by atoms with Gasteiger partial charge in [-0.05, 0) is 37.1 Å². The van der Waals surface area contributed by atoms with Crippen LogP contribution in [0.3, 0.4) is 0 Å². The van der Waals surface area contributed by atoms with Gasteiger partial charge >= 0.3 is 0 Å². The smallest absolute Gasteiger partial charge is 0.259 e. The molecular formula is C25H27N5O4S. The fourth-order valence-electron chi connectivity index (χ4n) is 4.52. The zero-order valence-corrected chi connectivity index (χ0v) is 20.1. The van der Waals surface area contributed by atoms with Crippen LogP contribution in [0.5, 0.6) is 0 Å². The number of amides is 3. The summed E-state index contributed by atoms with van der Waals surface area (Å²) in [5.41, 5.74) is 1.42. The molecule has 0 spiro atoms. The molecule has 182 valence electrons. The summed E-state index contributed by atoms with van der Waals surface area (Å²) >= 11 is 1.22. The predicted octanol–water partition coefficient (Wildman–Crippen LogP) is 3.13. The topological polar surface area (TPSA) is 116 Å². The molecule has 5 rings (SSSR count). The first-order valence-electron chi connectivity index (χ1n) is 11.9. The minimum Gasteiger partial charge on any atom is -0.467 e. The van der Waals surface area contributed by atoms with E-state index in [9.17, 15) is 14.4 Å². The van der Waals surface area contributed by atoms with E-state index in [1.165, 1.54) is 29.3 Å². The van der Waals surface area contributed by atoms with Crippen LogP contribution in [0.25, 0.3) is 0 Å². The van der Waals surface area contributed by atoms with Crippen molar-refractivity contribution in [2.75, 3.05) is 5.75 Å². The van der Waals surface area contributed by atoms with E-state index >= 15 is 0 Å². The Morgan fingerprint density at radius 1 is 1.09 bits per heavy atom. The van der Waals surface area contributed by atoms with Crippen molar-refractivity contribution in [2.45, 2.75) is 57.2 Å². The largest absolute Gasteiger partial charge is 0.467 e. The van der Waals surface area contributed by atoms with Crippen LogP contribution in [0, 0.1) is 0 Å². The molecule has 1 saturated carbocycles. The molecule has 1 aromatic carbocycles. The molecule has 1 aliphatic carbocycles. The highest BCUT2D eigenvalue weighted by Gasteiger charge is 2.42. The second kappa shape index (κ2) is 10.5. The van der Waals surface area contributed by atoms with Crippen LogP contribution in [0.15, 0.2) is 57.1 Å². The van der Waals surface area contributed by atoms with Crippen molar-refractivity contribution in [1.29, 1.82) is 0 Å². The molecule has 0 bridgehead atoms. The van der Waals surface area contributed by atoms with Crippen molar-refractivity contribution < 1.29 is 18.8 Å². The molecule has 2 aromatic rings. The molecular weight excluding hydrogens is 466 g/mol. The molecule has 1 fully saturated rings. The van der Waals surface area contributed by atoms with Gasteiger partial charge in [-0.15, -0.1) is 0 Å². The lowest BCUT2D eigenvalue weighted by atomic mass is 9.95. The first-order valence-corrected chi connectivity index (χ1v) is 12.9. The molecule has 35 heavy (non-hydrogen) atoms. The third-order valence-corrected chi connectivity index (χ3v) is 7.21. The van der Waals surface area contributed by atoms with E-state index < -0.39 is 6.04 Å². The molecule has 3 heterocycles. The van der Waals surface area contributed by atoms with E-state index in [0.717, 1.165) is 31.2 Å². The van der Waals surface area contributed by atoms with Crippen molar-refractivity contribution >= 4 is 46.2 Å². The standard InChI is InChI=1S/C25H27N5O4S/c31-21(26-14-17-9-6-12-34-17)13-20-24(33)30-23(28-20)18-10-4-5-11-19(18)29-25(30)35-15-22(32)27-16-7-2-1-3-8-16/h4-6,9-12,16,20H,1-3,7-8,13-15H2,(H,26,31)(H,27,32). The Morgan fingerprint density at radius 3 is 2.71 bits per heavy atom. The van der Waals surface area contributed by atoms with Crippen LogP contribution in [0.2, 0.25) is 0 Å². The van der Waals surface area contributed by atoms with Gasteiger partial charge in [0.25, 0.3) is 5.91 Å². The Hall–Kier alpha value is -3.40. The number of hydrogen-bond donors (Lipinski definition) is 2. The van der Waals surface area contributed by atoms with Crippen LogP contribution in [0.1, 0.15) is 49.8 Å². The molecule has 0 radical (unpaired) electrons. The maximum Gasteiger partial charge on any atom is 0.259 e. The number of thioether (sulfide) groups is 1. The van der Waals surface area contributed by atoms with Gasteiger partial charge < -0.3 is 15.1 Å². The van der Waals surface area contributed by atoms with Gasteiger partial charge in [-0.1, -0.05) is 43.2 Å². The molecule has 1 aromatic heterocycles. The zero-order valence-electron chi connectivity index (χ0n) is 19.2. The maximum atomic E-state index is 13.3. The number of nitrogens with one attached hydrogen (secondary N) is 2. The van der Waals surface area contributed by atoms with Gasteiger partial charge in [0.15, 0.2) is 5.17 Å². The fraction of sp³-hybridized carbons (Fsp3) is 0.400. The van der Waals surface area contributed by atoms with E-state index in [1.807, 2.05) is 24.3 Å². The number of rotatable bonds is 7. The Bertz CT molecular complexity index is 1170. The third kappa shape index (κ3) is 5.32. The quantitative estimate of drug-likeness (QED) is 0.615. The number of benzene rings is 1. The summed E-state index contributed by atoms with van der Waals surface area (Å²) in [6, 6.07) is 10.3. The van der Waals surface area contributed by atoms with Crippen LogP contribution < -0.4 is 10.6 Å². The summed E-state index contributed by atoms with van der Waals surface area (Å²) in [7, 11) is 0. The summed E-state index contributed by atoms with van der Waals surface area (Å²) in [5.74, 6) is 0.577. The van der Waals surface area contributed by atoms with Crippen LogP contribution in [-0.2, 0) is 20.9 Å². The number of furan rings is 1. The number of fused-ring (bicyclic) bond motifs is 3. The highest BCUT2D eigenvalue weighted by molar-refractivity contribution is 8.14. The Kier molecular flexibility index (Phi) is 6.98. The van der Waals surface area contributed by atoms with E-state index in [4.69, 9.17) is 4.42 Å². The lowest BCUT2D eigenvalue weighted by molar-refractivity contribution is -0.128. The Labute approximate surface area is 207 Å². The monoisotopic (exact) mass is 493 g/mol. The van der Waals surface area contributed by atoms with Gasteiger partial charge in [-0.25, -0.2) is 9.89 Å². The normalized spacial score (nSPS) is 19.5. The minimum absolute atomic E-state index is 0.0672. The maximum absolute atomic E-state index is 13.3. The number of hydrogen-bond acceptors (Lipinski definition) is 7. The van der Waals surface area contributed by atoms with Crippen molar-refractivity contribution in [3.8, 4) is 0 Å². The van der Waals surface area contributed by atoms with Crippen LogP contribution in [-0.4, -0.2) is 51.5 Å². The summed E-state index contributed by atoms with van der Waals surface area (Å²) in [6.07, 6.45) is 6.98. The van der Waals surface area contributed by atoms with Crippen molar-refractivity contribution in [3.63, 3.8) is 0 Å². The third-order valence-electron chi connectivity index (χ3n) is 6.27. The van der Waals surface area contributed by atoms with E-state index in [-0.39, 0.29) is 42.5 Å². The lowest BCUT2D eigenvalue weighted by Gasteiger charge is -2.26. The summed E-state index contributed by atoms with van der Waals surface area (Å²) in [5, 5.41) is 6.27. The number of amidine groups is 2. The molecule has 2 aliphatic heterocycles. The van der Waals surface area contributed by atoms with E-state index in [0.29, 0.717) is 22.5 Å². The van der Waals surface area contributed by atoms with Gasteiger partial charge in [0.1, 0.15) is 17.6 Å². The van der Waals surface area contributed by atoms with Gasteiger partial charge in [-0.2, -0.15) is 0 Å². The van der Waals surface area contributed by atoms with Crippen LogP contribution >= 0.6 is 11.8 Å². The Morgan fingerprint density at radius 2 is 1.91 bits per heavy atom. The van der Waals surface area contributed by atoms with Gasteiger partial charge in [-0.3, -0.25) is 19.4 Å². The predicted molar refractivity (Wildman–Crippen MR) is 133 cm³/mol. The van der Waals surface area contributed by atoms with Crippen molar-refractivity contribution in [2.24, 2.45) is 9.98 Å². The second-order valence-electron chi connectivity index (χ2n) is 8.81. The number of para-hydroxylation sites is 1. The number of aliphatic imine (C=N–C) groups is 2. The summed E-state index contributed by atoms with van der Waals surface area (Å²) in [4.78, 5) is 49.1. The number of carbonyl (C=O) groups excluding carboxylic acids is 3. The highest BCUT2D eigenvalue weighted by Crippen LogP contribution is 2.34. The minimum atomic E-state index is -0.852.